The second kappa shape index (κ2) is 7.33. The number of hydrogen-bond donors (Lipinski definition) is 4. The lowest BCUT2D eigenvalue weighted by atomic mass is 9.87. The standard InChI is InChI=1S/C14H20FNO3.ClH/c15-11-3-1-10(2-4-11)7-16-8-14(9-17)5-12(18)13(19)6-14;/h1-4,12-13,16-19H,5-9H2;1H/t12-,13+,14?;. The number of aliphatic hydroxyl groups excluding tert-OH is 3. The van der Waals surface area contributed by atoms with Crippen LogP contribution in [0.1, 0.15) is 18.4 Å². The summed E-state index contributed by atoms with van der Waals surface area (Å²) in [5, 5.41) is 31.8. The summed E-state index contributed by atoms with van der Waals surface area (Å²) >= 11 is 0. The highest BCUT2D eigenvalue weighted by atomic mass is 35.5. The molecule has 1 aromatic carbocycles. The average Bonchev–Trinajstić information content (AvgIpc) is 2.68. The second-order valence-corrected chi connectivity index (χ2v) is 5.43. The lowest BCUT2D eigenvalue weighted by Gasteiger charge is -2.26. The van der Waals surface area contributed by atoms with Gasteiger partial charge >= 0.3 is 0 Å². The number of benzene rings is 1. The zero-order chi connectivity index (χ0) is 13.9. The minimum Gasteiger partial charge on any atom is -0.396 e. The maximum absolute atomic E-state index is 12.7. The monoisotopic (exact) mass is 305 g/mol. The van der Waals surface area contributed by atoms with Crippen LogP contribution in [-0.4, -0.2) is 40.7 Å². The van der Waals surface area contributed by atoms with Crippen molar-refractivity contribution < 1.29 is 19.7 Å². The van der Waals surface area contributed by atoms with E-state index in [1.807, 2.05) is 0 Å². The first-order chi connectivity index (χ1) is 9.04. The largest absolute Gasteiger partial charge is 0.396 e. The van der Waals surface area contributed by atoms with Gasteiger partial charge in [0.05, 0.1) is 18.8 Å². The zero-order valence-electron chi connectivity index (χ0n) is 11.1. The third-order valence-corrected chi connectivity index (χ3v) is 3.81. The van der Waals surface area contributed by atoms with Gasteiger partial charge in [-0.05, 0) is 30.5 Å². The molecule has 1 aliphatic carbocycles. The van der Waals surface area contributed by atoms with Crippen molar-refractivity contribution >= 4 is 12.4 Å². The number of aliphatic hydroxyl groups is 3. The van der Waals surface area contributed by atoms with E-state index < -0.39 is 17.6 Å². The molecule has 1 aliphatic rings. The van der Waals surface area contributed by atoms with Gasteiger partial charge in [-0.1, -0.05) is 12.1 Å². The van der Waals surface area contributed by atoms with Crippen molar-refractivity contribution in [2.24, 2.45) is 5.41 Å². The molecule has 1 unspecified atom stereocenters. The highest BCUT2D eigenvalue weighted by Gasteiger charge is 2.43. The molecule has 1 aromatic rings. The summed E-state index contributed by atoms with van der Waals surface area (Å²) in [6.45, 7) is 1.00. The van der Waals surface area contributed by atoms with Crippen LogP contribution in [0.4, 0.5) is 4.39 Å². The Morgan fingerprint density at radius 3 is 2.20 bits per heavy atom. The zero-order valence-corrected chi connectivity index (χ0v) is 11.9. The van der Waals surface area contributed by atoms with E-state index in [4.69, 9.17) is 0 Å². The Morgan fingerprint density at radius 2 is 1.70 bits per heavy atom. The fourth-order valence-electron chi connectivity index (χ4n) is 2.65. The van der Waals surface area contributed by atoms with Crippen molar-refractivity contribution in [2.45, 2.75) is 31.6 Å². The molecule has 3 atom stereocenters. The third kappa shape index (κ3) is 4.14. The summed E-state index contributed by atoms with van der Waals surface area (Å²) in [6, 6.07) is 6.21. The minimum atomic E-state index is -0.764. The van der Waals surface area contributed by atoms with Crippen LogP contribution in [0, 0.1) is 11.2 Å². The molecule has 0 amide bonds. The van der Waals surface area contributed by atoms with E-state index in [1.165, 1.54) is 12.1 Å². The molecule has 0 saturated heterocycles. The first kappa shape index (κ1) is 17.3. The summed E-state index contributed by atoms with van der Waals surface area (Å²) in [7, 11) is 0. The number of halogens is 2. The van der Waals surface area contributed by atoms with Crippen molar-refractivity contribution in [2.75, 3.05) is 13.2 Å². The summed E-state index contributed by atoms with van der Waals surface area (Å²) < 4.78 is 12.7. The van der Waals surface area contributed by atoms with Crippen molar-refractivity contribution in [1.82, 2.24) is 5.32 Å². The molecule has 0 aromatic heterocycles. The molecule has 0 radical (unpaired) electrons. The van der Waals surface area contributed by atoms with E-state index >= 15 is 0 Å². The molecule has 0 spiro atoms. The van der Waals surface area contributed by atoms with Gasteiger partial charge in [0.25, 0.3) is 0 Å². The third-order valence-electron chi connectivity index (χ3n) is 3.81. The van der Waals surface area contributed by atoms with Gasteiger partial charge in [0.15, 0.2) is 0 Å². The van der Waals surface area contributed by atoms with Crippen molar-refractivity contribution in [3.05, 3.63) is 35.6 Å². The van der Waals surface area contributed by atoms with Crippen LogP contribution in [0.3, 0.4) is 0 Å². The van der Waals surface area contributed by atoms with Crippen molar-refractivity contribution in [3.63, 3.8) is 0 Å². The smallest absolute Gasteiger partial charge is 0.123 e. The lowest BCUT2D eigenvalue weighted by Crippen LogP contribution is -2.35. The van der Waals surface area contributed by atoms with E-state index in [2.05, 4.69) is 5.32 Å². The van der Waals surface area contributed by atoms with Crippen LogP contribution in [0.5, 0.6) is 0 Å². The molecule has 0 aliphatic heterocycles. The van der Waals surface area contributed by atoms with Gasteiger partial charge < -0.3 is 20.6 Å². The molecular weight excluding hydrogens is 285 g/mol. The number of hydrogen-bond acceptors (Lipinski definition) is 4. The predicted molar refractivity (Wildman–Crippen MR) is 76.1 cm³/mol. The van der Waals surface area contributed by atoms with Gasteiger partial charge in [-0.15, -0.1) is 12.4 Å². The summed E-state index contributed by atoms with van der Waals surface area (Å²) in [4.78, 5) is 0. The van der Waals surface area contributed by atoms with E-state index in [1.54, 1.807) is 12.1 Å². The Bertz CT molecular complexity index is 405. The molecule has 0 bridgehead atoms. The van der Waals surface area contributed by atoms with Crippen LogP contribution >= 0.6 is 12.4 Å². The van der Waals surface area contributed by atoms with Crippen LogP contribution in [0.2, 0.25) is 0 Å². The molecule has 1 saturated carbocycles. The lowest BCUT2D eigenvalue weighted by molar-refractivity contribution is 0.0438. The second-order valence-electron chi connectivity index (χ2n) is 5.43. The van der Waals surface area contributed by atoms with Gasteiger partial charge in [0.2, 0.25) is 0 Å². The van der Waals surface area contributed by atoms with Crippen LogP contribution in [-0.2, 0) is 6.54 Å². The van der Waals surface area contributed by atoms with E-state index in [-0.39, 0.29) is 24.8 Å². The topological polar surface area (TPSA) is 72.7 Å². The van der Waals surface area contributed by atoms with E-state index in [9.17, 15) is 19.7 Å². The Kier molecular flexibility index (Phi) is 6.36. The van der Waals surface area contributed by atoms with Gasteiger partial charge in [-0.2, -0.15) is 0 Å². The molecule has 20 heavy (non-hydrogen) atoms. The highest BCUT2D eigenvalue weighted by Crippen LogP contribution is 2.37. The molecular formula is C14H21ClFNO3. The first-order valence-corrected chi connectivity index (χ1v) is 6.47. The summed E-state index contributed by atoms with van der Waals surface area (Å²) in [6.07, 6.45) is -0.748. The fourth-order valence-corrected chi connectivity index (χ4v) is 2.65. The molecule has 114 valence electrons. The predicted octanol–water partition coefficient (Wildman–Crippen LogP) is 0.831. The van der Waals surface area contributed by atoms with Crippen molar-refractivity contribution in [1.29, 1.82) is 0 Å². The van der Waals surface area contributed by atoms with Crippen LogP contribution < -0.4 is 5.32 Å². The minimum absolute atomic E-state index is 0. The maximum Gasteiger partial charge on any atom is 0.123 e. The van der Waals surface area contributed by atoms with Crippen LogP contribution in [0.25, 0.3) is 0 Å². The molecule has 4 N–H and O–H groups in total. The normalized spacial score (nSPS) is 29.2. The summed E-state index contributed by atoms with van der Waals surface area (Å²) in [5.41, 5.74) is 0.479. The SMILES string of the molecule is Cl.OCC1(CNCc2ccc(F)cc2)C[C@@H](O)[C@@H](O)C1. The van der Waals surface area contributed by atoms with Gasteiger partial charge in [0, 0.05) is 18.5 Å². The van der Waals surface area contributed by atoms with Gasteiger partial charge in [-0.25, -0.2) is 4.39 Å². The highest BCUT2D eigenvalue weighted by molar-refractivity contribution is 5.85. The average molecular weight is 306 g/mol. The molecule has 1 fully saturated rings. The van der Waals surface area contributed by atoms with Crippen LogP contribution in [0.15, 0.2) is 24.3 Å². The Balaban J connectivity index is 0.00000200. The van der Waals surface area contributed by atoms with E-state index in [0.717, 1.165) is 5.56 Å². The van der Waals surface area contributed by atoms with Gasteiger partial charge in [-0.3, -0.25) is 0 Å². The molecule has 0 heterocycles. The van der Waals surface area contributed by atoms with Gasteiger partial charge in [0.1, 0.15) is 5.82 Å². The first-order valence-electron chi connectivity index (χ1n) is 6.47. The molecule has 6 heteroatoms. The number of nitrogens with one attached hydrogen (secondary N) is 1. The maximum atomic E-state index is 12.7. The Labute approximate surface area is 124 Å². The molecule has 2 rings (SSSR count). The fraction of sp³-hybridized carbons (Fsp3) is 0.571. The Hall–Kier alpha value is -0.720. The molecule has 4 nitrogen and oxygen atoms in total. The van der Waals surface area contributed by atoms with E-state index in [0.29, 0.717) is 25.9 Å². The number of rotatable bonds is 5. The summed E-state index contributed by atoms with van der Waals surface area (Å²) in [5.74, 6) is -0.266. The quantitative estimate of drug-likeness (QED) is 0.650. The Morgan fingerprint density at radius 1 is 1.15 bits per heavy atom. The van der Waals surface area contributed by atoms with Crippen molar-refractivity contribution in [3.8, 4) is 0 Å².